The van der Waals surface area contributed by atoms with Gasteiger partial charge in [0, 0.05) is 24.8 Å². The molecule has 7 nitrogen and oxygen atoms in total. The topological polar surface area (TPSA) is 99.2 Å². The Hall–Kier alpha value is -1.80. The molecule has 10 heteroatoms. The van der Waals surface area contributed by atoms with E-state index in [1.54, 1.807) is 12.1 Å². The molecule has 1 aliphatic rings. The lowest BCUT2D eigenvalue weighted by Crippen LogP contribution is -2.46. The Bertz CT molecular complexity index is 926. The lowest BCUT2D eigenvalue weighted by atomic mass is 9.79. The number of carbonyl (C=O) groups is 1. The maximum atomic E-state index is 12.6. The highest BCUT2D eigenvalue weighted by atomic mass is 35.5. The van der Waals surface area contributed by atoms with Crippen molar-refractivity contribution < 1.29 is 9.53 Å². The number of anilines is 1. The van der Waals surface area contributed by atoms with Crippen molar-refractivity contribution in [3.8, 4) is 5.69 Å². The molecule has 0 saturated carbocycles. The number of benzene rings is 1. The first-order valence-electron chi connectivity index (χ1n) is 8.19. The minimum Gasteiger partial charge on any atom is -0.381 e. The highest BCUT2D eigenvalue weighted by Crippen LogP contribution is 2.31. The first-order chi connectivity index (χ1) is 12.8. The molecule has 1 amide bonds. The van der Waals surface area contributed by atoms with Crippen molar-refractivity contribution in [2.45, 2.75) is 12.8 Å². The van der Waals surface area contributed by atoms with Crippen LogP contribution in [0, 0.1) is 5.41 Å². The van der Waals surface area contributed by atoms with Gasteiger partial charge < -0.3 is 15.8 Å². The third-order valence-corrected chi connectivity index (χ3v) is 5.55. The molecule has 0 unspecified atom stereocenters. The molecule has 1 aromatic heterocycles. The molecule has 1 saturated heterocycles. The van der Waals surface area contributed by atoms with Gasteiger partial charge in [-0.05, 0) is 31.0 Å². The van der Waals surface area contributed by atoms with Crippen molar-refractivity contribution in [1.82, 2.24) is 9.78 Å². The van der Waals surface area contributed by atoms with Gasteiger partial charge in [0.05, 0.1) is 28.0 Å². The molecule has 0 bridgehead atoms. The Balaban J connectivity index is 1.87. The van der Waals surface area contributed by atoms with Gasteiger partial charge in [0.2, 0.25) is 5.91 Å². The van der Waals surface area contributed by atoms with Crippen LogP contribution < -0.4 is 16.6 Å². The van der Waals surface area contributed by atoms with Crippen molar-refractivity contribution in [1.29, 1.82) is 0 Å². The number of nitrogens with two attached hydrogens (primary N) is 1. The third-order valence-electron chi connectivity index (χ3n) is 4.65. The molecule has 0 atom stereocenters. The highest BCUT2D eigenvalue weighted by Gasteiger charge is 2.38. The first-order valence-corrected chi connectivity index (χ1v) is 9.32. The van der Waals surface area contributed by atoms with E-state index in [0.29, 0.717) is 42.5 Å². The van der Waals surface area contributed by atoms with Crippen LogP contribution in [0.1, 0.15) is 12.8 Å². The molecular formula is C17H17Cl3N4O3. The third kappa shape index (κ3) is 4.06. The van der Waals surface area contributed by atoms with E-state index in [1.807, 2.05) is 0 Å². The van der Waals surface area contributed by atoms with Gasteiger partial charge in [-0.3, -0.25) is 9.59 Å². The van der Waals surface area contributed by atoms with Gasteiger partial charge >= 0.3 is 0 Å². The van der Waals surface area contributed by atoms with Crippen LogP contribution in [0.4, 0.5) is 5.69 Å². The van der Waals surface area contributed by atoms with E-state index in [0.717, 1.165) is 4.68 Å². The van der Waals surface area contributed by atoms with E-state index < -0.39 is 16.9 Å². The van der Waals surface area contributed by atoms with Crippen LogP contribution in [-0.2, 0) is 9.53 Å². The highest BCUT2D eigenvalue weighted by molar-refractivity contribution is 6.36. The van der Waals surface area contributed by atoms with Gasteiger partial charge in [0.1, 0.15) is 5.02 Å². The number of rotatable bonds is 5. The summed E-state index contributed by atoms with van der Waals surface area (Å²) in [6.45, 7) is 1.14. The van der Waals surface area contributed by atoms with Crippen molar-refractivity contribution in [3.63, 3.8) is 0 Å². The van der Waals surface area contributed by atoms with E-state index in [-0.39, 0.29) is 16.6 Å². The Labute approximate surface area is 170 Å². The van der Waals surface area contributed by atoms with Crippen LogP contribution in [-0.4, -0.2) is 35.4 Å². The Morgan fingerprint density at radius 2 is 2.00 bits per heavy atom. The number of nitrogens with one attached hydrogen (secondary N) is 1. The summed E-state index contributed by atoms with van der Waals surface area (Å²) in [5, 5.41) is 7.79. The summed E-state index contributed by atoms with van der Waals surface area (Å²) in [4.78, 5) is 24.6. The van der Waals surface area contributed by atoms with Crippen LogP contribution >= 0.6 is 34.8 Å². The average molecular weight is 432 g/mol. The smallest absolute Gasteiger partial charge is 0.292 e. The van der Waals surface area contributed by atoms with E-state index in [9.17, 15) is 9.59 Å². The second kappa shape index (κ2) is 8.06. The lowest BCUT2D eigenvalue weighted by Gasteiger charge is -2.34. The Morgan fingerprint density at radius 3 is 2.63 bits per heavy atom. The molecule has 0 aliphatic carbocycles. The van der Waals surface area contributed by atoms with Crippen LogP contribution in [0.2, 0.25) is 15.1 Å². The normalized spacial score (nSPS) is 16.1. The summed E-state index contributed by atoms with van der Waals surface area (Å²) >= 11 is 18.2. The maximum absolute atomic E-state index is 12.6. The number of hydrogen-bond acceptors (Lipinski definition) is 5. The molecule has 0 radical (unpaired) electrons. The number of ether oxygens (including phenoxy) is 1. The predicted molar refractivity (Wildman–Crippen MR) is 105 cm³/mol. The van der Waals surface area contributed by atoms with Crippen molar-refractivity contribution in [3.05, 3.63) is 49.8 Å². The van der Waals surface area contributed by atoms with Crippen molar-refractivity contribution in [2.75, 3.05) is 25.1 Å². The summed E-state index contributed by atoms with van der Waals surface area (Å²) < 4.78 is 6.39. The quantitative estimate of drug-likeness (QED) is 0.758. The zero-order chi connectivity index (χ0) is 19.6. The fourth-order valence-electron chi connectivity index (χ4n) is 2.92. The molecule has 144 valence electrons. The standard InChI is InChI=1S/C17H17Cl3N4O3/c18-10-1-2-13(11(19)7-10)24-15(25)14(20)12(8-23-24)22-9-17(16(21)26)3-5-27-6-4-17/h1-2,7-8,22H,3-6,9H2,(H2,21,26). The van der Waals surface area contributed by atoms with Crippen molar-refractivity contribution >= 4 is 46.4 Å². The van der Waals surface area contributed by atoms with E-state index in [4.69, 9.17) is 45.3 Å². The minimum absolute atomic E-state index is 0.0669. The molecule has 2 heterocycles. The number of halogens is 3. The van der Waals surface area contributed by atoms with E-state index in [1.165, 1.54) is 12.3 Å². The van der Waals surface area contributed by atoms with E-state index >= 15 is 0 Å². The van der Waals surface area contributed by atoms with Crippen LogP contribution in [0.25, 0.3) is 5.69 Å². The largest absolute Gasteiger partial charge is 0.381 e. The number of aromatic nitrogens is 2. The predicted octanol–water partition coefficient (Wildman–Crippen LogP) is 2.89. The molecule has 27 heavy (non-hydrogen) atoms. The van der Waals surface area contributed by atoms with Crippen molar-refractivity contribution in [2.24, 2.45) is 11.1 Å². The monoisotopic (exact) mass is 430 g/mol. The summed E-state index contributed by atoms with van der Waals surface area (Å²) in [7, 11) is 0. The van der Waals surface area contributed by atoms with Gasteiger partial charge in [0.25, 0.3) is 5.56 Å². The van der Waals surface area contributed by atoms with Crippen LogP contribution in [0.5, 0.6) is 0 Å². The first kappa shape index (κ1) is 19.9. The zero-order valence-corrected chi connectivity index (χ0v) is 16.4. The SMILES string of the molecule is NC(=O)C1(CNc2cnn(-c3ccc(Cl)cc3Cl)c(=O)c2Cl)CCOCC1. The Kier molecular flexibility index (Phi) is 5.95. The number of primary amides is 1. The van der Waals surface area contributed by atoms with Gasteiger partial charge in [0.15, 0.2) is 0 Å². The molecule has 1 aliphatic heterocycles. The van der Waals surface area contributed by atoms with Crippen LogP contribution in [0.3, 0.4) is 0 Å². The van der Waals surface area contributed by atoms with E-state index in [2.05, 4.69) is 10.4 Å². The molecule has 3 N–H and O–H groups in total. The second-order valence-corrected chi connectivity index (χ2v) is 7.52. The summed E-state index contributed by atoms with van der Waals surface area (Å²) in [5.41, 5.74) is 4.96. The maximum Gasteiger partial charge on any atom is 0.292 e. The minimum atomic E-state index is -0.754. The van der Waals surface area contributed by atoms with Gasteiger partial charge in [-0.25, -0.2) is 0 Å². The fraction of sp³-hybridized carbons (Fsp3) is 0.353. The number of hydrogen-bond donors (Lipinski definition) is 2. The molecule has 1 aromatic carbocycles. The zero-order valence-electron chi connectivity index (χ0n) is 14.2. The molecule has 3 rings (SSSR count). The van der Waals surface area contributed by atoms with Gasteiger partial charge in [-0.1, -0.05) is 34.8 Å². The van der Waals surface area contributed by atoms with Gasteiger partial charge in [-0.15, -0.1) is 0 Å². The van der Waals surface area contributed by atoms with Crippen LogP contribution in [0.15, 0.2) is 29.2 Å². The molecule has 2 aromatic rings. The Morgan fingerprint density at radius 1 is 1.30 bits per heavy atom. The summed E-state index contributed by atoms with van der Waals surface area (Å²) in [6, 6.07) is 4.68. The van der Waals surface area contributed by atoms with Gasteiger partial charge in [-0.2, -0.15) is 9.78 Å². The molecule has 1 fully saturated rings. The second-order valence-electron chi connectivity index (χ2n) is 6.30. The average Bonchev–Trinajstić information content (AvgIpc) is 2.64. The summed E-state index contributed by atoms with van der Waals surface area (Å²) in [5.74, 6) is -0.413. The number of nitrogens with zero attached hydrogens (tertiary/aromatic N) is 2. The fourth-order valence-corrected chi connectivity index (χ4v) is 3.60. The molecule has 0 spiro atoms. The number of carbonyl (C=O) groups excluding carboxylic acids is 1. The summed E-state index contributed by atoms with van der Waals surface area (Å²) in [6.07, 6.45) is 2.40. The number of amides is 1. The lowest BCUT2D eigenvalue weighted by molar-refractivity contribution is -0.132. The molecular weight excluding hydrogens is 415 g/mol.